The highest BCUT2D eigenvalue weighted by Gasteiger charge is 2.19. The summed E-state index contributed by atoms with van der Waals surface area (Å²) < 4.78 is 37.1. The third kappa shape index (κ3) is 4.71. The first-order valence-electron chi connectivity index (χ1n) is 8.18. The van der Waals surface area contributed by atoms with Crippen molar-refractivity contribution < 1.29 is 17.9 Å². The molecule has 26 heavy (non-hydrogen) atoms. The molecule has 0 aliphatic carbocycles. The molecule has 0 aliphatic heterocycles. The van der Waals surface area contributed by atoms with Gasteiger partial charge in [-0.1, -0.05) is 11.5 Å². The van der Waals surface area contributed by atoms with Crippen LogP contribution in [0.1, 0.15) is 24.8 Å². The van der Waals surface area contributed by atoms with E-state index in [9.17, 15) is 8.42 Å². The fourth-order valence-corrected chi connectivity index (χ4v) is 3.78. The first-order chi connectivity index (χ1) is 12.5. The van der Waals surface area contributed by atoms with E-state index >= 15 is 0 Å². The fourth-order valence-electron chi connectivity index (χ4n) is 2.55. The molecule has 0 spiro atoms. The molecule has 0 amide bonds. The largest absolute Gasteiger partial charge is 0.493 e. The average Bonchev–Trinajstić information content (AvgIpc) is 3.13. The van der Waals surface area contributed by atoms with Crippen LogP contribution in [0.5, 0.6) is 11.5 Å². The van der Waals surface area contributed by atoms with Gasteiger partial charge in [0.2, 0.25) is 0 Å². The Labute approximate surface area is 153 Å². The number of methoxy groups -OCH3 is 2. The Balaban J connectivity index is 2.08. The molecule has 0 N–H and O–H groups in total. The summed E-state index contributed by atoms with van der Waals surface area (Å²) in [5.74, 6) is 0.835. The minimum Gasteiger partial charge on any atom is -0.493 e. The van der Waals surface area contributed by atoms with Crippen molar-refractivity contribution in [3.63, 3.8) is 0 Å². The van der Waals surface area contributed by atoms with Crippen molar-refractivity contribution in [1.82, 2.24) is 3.97 Å². The number of unbranched alkanes of at least 4 members (excludes halogenated alkanes) is 2. The minimum absolute atomic E-state index is 0.131. The number of ether oxygens (including phenoxy) is 2. The smallest absolute Gasteiger partial charge is 0.267 e. The van der Waals surface area contributed by atoms with Crippen LogP contribution in [-0.4, -0.2) is 33.2 Å². The van der Waals surface area contributed by atoms with E-state index in [-0.39, 0.29) is 4.90 Å². The molecule has 2 rings (SSSR count). The van der Waals surface area contributed by atoms with Crippen molar-refractivity contribution in [3.05, 3.63) is 52.7 Å². The van der Waals surface area contributed by atoms with Crippen molar-refractivity contribution >= 4 is 10.0 Å². The molecular formula is C17H22N4O4S. The lowest BCUT2D eigenvalue weighted by Crippen LogP contribution is -2.11. The summed E-state index contributed by atoms with van der Waals surface area (Å²) in [5, 5.41) is 3.49. The molecule has 0 radical (unpaired) electrons. The minimum atomic E-state index is -3.69. The van der Waals surface area contributed by atoms with E-state index in [0.717, 1.165) is 31.2 Å². The van der Waals surface area contributed by atoms with Crippen LogP contribution >= 0.6 is 0 Å². The van der Waals surface area contributed by atoms with E-state index in [2.05, 4.69) is 10.0 Å². The van der Waals surface area contributed by atoms with Crippen molar-refractivity contribution in [2.75, 3.05) is 20.8 Å². The van der Waals surface area contributed by atoms with Gasteiger partial charge >= 0.3 is 0 Å². The Bertz CT molecular complexity index is 886. The van der Waals surface area contributed by atoms with Gasteiger partial charge in [0.15, 0.2) is 11.5 Å². The van der Waals surface area contributed by atoms with Crippen LogP contribution in [0.2, 0.25) is 0 Å². The molecule has 1 heterocycles. The number of rotatable bonds is 10. The Hall–Kier alpha value is -2.64. The van der Waals surface area contributed by atoms with Crippen molar-refractivity contribution in [1.29, 1.82) is 0 Å². The lowest BCUT2D eigenvalue weighted by Gasteiger charge is -2.10. The highest BCUT2D eigenvalue weighted by Crippen LogP contribution is 2.30. The van der Waals surface area contributed by atoms with Gasteiger partial charge in [-0.15, -0.1) is 0 Å². The molecule has 0 aliphatic rings. The molecule has 0 unspecified atom stereocenters. The van der Waals surface area contributed by atoms with Gasteiger partial charge in [-0.05, 0) is 48.6 Å². The normalized spacial score (nSPS) is 11.0. The Kier molecular flexibility index (Phi) is 6.94. The van der Waals surface area contributed by atoms with Crippen LogP contribution in [0.4, 0.5) is 0 Å². The number of aryl methyl sites for hydroxylation is 1. The SMILES string of the molecule is COc1ccc(S(=O)(=O)n2ccc(CCCCCN=[N+]=[N-])c2)cc1OC. The number of aromatic nitrogens is 1. The summed E-state index contributed by atoms with van der Waals surface area (Å²) in [6, 6.07) is 6.31. The quantitative estimate of drug-likeness (QED) is 0.271. The number of hydrogen-bond acceptors (Lipinski definition) is 5. The van der Waals surface area contributed by atoms with Gasteiger partial charge in [0.1, 0.15) is 0 Å². The third-order valence-electron chi connectivity index (χ3n) is 3.95. The molecule has 0 fully saturated rings. The number of azide groups is 1. The van der Waals surface area contributed by atoms with Crippen molar-refractivity contribution in [2.24, 2.45) is 5.11 Å². The standard InChI is InChI=1S/C17H22N4O4S/c1-24-16-8-7-15(12-17(16)25-2)26(22,23)21-11-9-14(13-21)6-4-3-5-10-19-20-18/h7-9,11-13H,3-6,10H2,1-2H3. The zero-order valence-electron chi connectivity index (χ0n) is 14.8. The Morgan fingerprint density at radius 3 is 2.58 bits per heavy atom. The van der Waals surface area contributed by atoms with Crippen LogP contribution in [0.15, 0.2) is 46.7 Å². The Morgan fingerprint density at radius 2 is 1.88 bits per heavy atom. The van der Waals surface area contributed by atoms with E-state index in [1.165, 1.54) is 30.3 Å². The number of nitrogens with zero attached hydrogens (tertiary/aromatic N) is 4. The van der Waals surface area contributed by atoms with Crippen LogP contribution in [0.25, 0.3) is 10.4 Å². The number of hydrogen-bond donors (Lipinski definition) is 0. The molecule has 0 saturated carbocycles. The first-order valence-corrected chi connectivity index (χ1v) is 9.62. The van der Waals surface area contributed by atoms with Crippen LogP contribution < -0.4 is 9.47 Å². The zero-order valence-corrected chi connectivity index (χ0v) is 15.6. The van der Waals surface area contributed by atoms with Crippen LogP contribution in [0.3, 0.4) is 0 Å². The summed E-state index contributed by atoms with van der Waals surface area (Å²) >= 11 is 0. The molecule has 8 nitrogen and oxygen atoms in total. The van der Waals surface area contributed by atoms with E-state index in [1.54, 1.807) is 24.5 Å². The molecule has 0 atom stereocenters. The molecular weight excluding hydrogens is 356 g/mol. The molecule has 0 bridgehead atoms. The lowest BCUT2D eigenvalue weighted by molar-refractivity contribution is 0.354. The van der Waals surface area contributed by atoms with Crippen LogP contribution in [-0.2, 0) is 16.4 Å². The lowest BCUT2D eigenvalue weighted by atomic mass is 10.1. The van der Waals surface area contributed by atoms with E-state index in [0.29, 0.717) is 18.0 Å². The highest BCUT2D eigenvalue weighted by atomic mass is 32.2. The zero-order chi connectivity index (χ0) is 19.0. The maximum atomic E-state index is 12.8. The summed E-state index contributed by atoms with van der Waals surface area (Å²) in [6.45, 7) is 0.491. The van der Waals surface area contributed by atoms with Crippen LogP contribution in [0, 0.1) is 0 Å². The van der Waals surface area contributed by atoms with E-state index in [1.807, 2.05) is 0 Å². The van der Waals surface area contributed by atoms with Gasteiger partial charge in [0.05, 0.1) is 19.1 Å². The molecule has 2 aromatic rings. The molecule has 1 aromatic heterocycles. The van der Waals surface area contributed by atoms with Gasteiger partial charge in [0, 0.05) is 29.9 Å². The monoisotopic (exact) mass is 378 g/mol. The Morgan fingerprint density at radius 1 is 1.12 bits per heavy atom. The molecule has 1 aromatic carbocycles. The summed E-state index contributed by atoms with van der Waals surface area (Å²) in [7, 11) is -0.733. The fraction of sp³-hybridized carbons (Fsp3) is 0.412. The molecule has 140 valence electrons. The maximum Gasteiger partial charge on any atom is 0.267 e. The first kappa shape index (κ1) is 19.7. The van der Waals surface area contributed by atoms with E-state index in [4.69, 9.17) is 15.0 Å². The second-order valence-corrected chi connectivity index (χ2v) is 7.48. The highest BCUT2D eigenvalue weighted by molar-refractivity contribution is 7.90. The van der Waals surface area contributed by atoms with Crippen molar-refractivity contribution in [2.45, 2.75) is 30.6 Å². The summed E-state index contributed by atoms with van der Waals surface area (Å²) in [6.07, 6.45) is 6.59. The summed E-state index contributed by atoms with van der Waals surface area (Å²) in [5.41, 5.74) is 9.16. The summed E-state index contributed by atoms with van der Waals surface area (Å²) in [4.78, 5) is 2.84. The van der Waals surface area contributed by atoms with Gasteiger partial charge < -0.3 is 9.47 Å². The number of benzene rings is 1. The van der Waals surface area contributed by atoms with Gasteiger partial charge in [0.25, 0.3) is 10.0 Å². The predicted molar refractivity (Wildman–Crippen MR) is 98.1 cm³/mol. The maximum absolute atomic E-state index is 12.8. The second-order valence-electron chi connectivity index (χ2n) is 5.64. The third-order valence-corrected chi connectivity index (χ3v) is 5.58. The van der Waals surface area contributed by atoms with Gasteiger partial charge in [-0.3, -0.25) is 0 Å². The van der Waals surface area contributed by atoms with Gasteiger partial charge in [-0.2, -0.15) is 0 Å². The van der Waals surface area contributed by atoms with E-state index < -0.39 is 10.0 Å². The topological polar surface area (TPSA) is 106 Å². The molecule has 0 saturated heterocycles. The molecule has 9 heteroatoms. The van der Waals surface area contributed by atoms with Gasteiger partial charge in [-0.25, -0.2) is 12.4 Å². The average molecular weight is 378 g/mol. The van der Waals surface area contributed by atoms with Crippen molar-refractivity contribution in [3.8, 4) is 11.5 Å². The predicted octanol–water partition coefficient (Wildman–Crippen LogP) is 3.77. The second kappa shape index (κ2) is 9.17.